The highest BCUT2D eigenvalue weighted by Gasteiger charge is 2.36. The number of hydrogen-bond acceptors (Lipinski definition) is 2. The van der Waals surface area contributed by atoms with E-state index in [0.717, 1.165) is 11.4 Å². The van der Waals surface area contributed by atoms with Crippen LogP contribution in [0.1, 0.15) is 46.2 Å². The van der Waals surface area contributed by atoms with E-state index in [9.17, 15) is 0 Å². The Labute approximate surface area is 431 Å². The molecule has 0 aliphatic heterocycles. The quantitative estimate of drug-likeness (QED) is 0.135. The third-order valence-corrected chi connectivity index (χ3v) is 15.1. The summed E-state index contributed by atoms with van der Waals surface area (Å²) in [6, 6.07) is 82.8. The van der Waals surface area contributed by atoms with E-state index in [4.69, 9.17) is 0 Å². The van der Waals surface area contributed by atoms with Crippen molar-refractivity contribution in [3.63, 3.8) is 0 Å². The van der Waals surface area contributed by atoms with Gasteiger partial charge in [0.15, 0.2) is 0 Å². The van der Waals surface area contributed by atoms with Crippen LogP contribution in [0.5, 0.6) is 0 Å². The summed E-state index contributed by atoms with van der Waals surface area (Å²) in [6.07, 6.45) is 9.80. The van der Waals surface area contributed by atoms with E-state index in [0.29, 0.717) is 0 Å². The molecule has 352 valence electrons. The minimum Gasteiger partial charge on any atom is -0.313 e. The molecule has 0 saturated heterocycles. The van der Waals surface area contributed by atoms with Gasteiger partial charge in [-0.25, -0.2) is 0 Å². The smallest absolute Gasteiger partial charge is 0.0543 e. The van der Waals surface area contributed by atoms with Gasteiger partial charge in [0, 0.05) is 45.7 Å². The SMILES string of the molecule is CC1=CC2c3cc(N(c4ccc(-c5ccc(-c6ccccc6)cc5)cc4)c4ccc(C)cc4C)c4ccccc4c3C=C(N(c3ccc(-c4ccc(-c5ccccc5)cc4)cc3)c3ccc(C)cc3C)C2C=C1. The van der Waals surface area contributed by atoms with Crippen molar-refractivity contribution in [2.45, 2.75) is 40.5 Å². The average molecular weight is 939 g/mol. The molecule has 0 bridgehead atoms. The van der Waals surface area contributed by atoms with Gasteiger partial charge in [-0.1, -0.05) is 217 Å². The second-order valence-electron chi connectivity index (χ2n) is 20.1. The number of hydrogen-bond donors (Lipinski definition) is 0. The topological polar surface area (TPSA) is 6.48 Å². The van der Waals surface area contributed by atoms with E-state index < -0.39 is 0 Å². The molecule has 0 radical (unpaired) electrons. The maximum Gasteiger partial charge on any atom is 0.0543 e. The number of aryl methyl sites for hydroxylation is 4. The Kier molecular flexibility index (Phi) is 11.9. The molecule has 0 saturated carbocycles. The van der Waals surface area contributed by atoms with Crippen LogP contribution in [-0.2, 0) is 0 Å². The molecule has 73 heavy (non-hydrogen) atoms. The van der Waals surface area contributed by atoms with E-state index in [2.05, 4.69) is 293 Å². The van der Waals surface area contributed by atoms with E-state index in [1.165, 1.54) is 117 Å². The lowest BCUT2D eigenvalue weighted by atomic mass is 9.72. The maximum absolute atomic E-state index is 2.54. The molecule has 2 aliphatic carbocycles. The van der Waals surface area contributed by atoms with Crippen LogP contribution in [0.4, 0.5) is 28.4 Å². The van der Waals surface area contributed by atoms with Gasteiger partial charge in [-0.15, -0.1) is 0 Å². The van der Waals surface area contributed by atoms with Crippen LogP contribution >= 0.6 is 0 Å². The van der Waals surface area contributed by atoms with Crippen molar-refractivity contribution in [2.24, 2.45) is 5.92 Å². The summed E-state index contributed by atoms with van der Waals surface area (Å²) in [6.45, 7) is 11.1. The number of rotatable bonds is 10. The monoisotopic (exact) mass is 938 g/mol. The Hall–Kier alpha value is -8.72. The molecule has 2 heteroatoms. The van der Waals surface area contributed by atoms with Gasteiger partial charge in [-0.2, -0.15) is 0 Å². The van der Waals surface area contributed by atoms with Gasteiger partial charge in [-0.3, -0.25) is 0 Å². The van der Waals surface area contributed by atoms with Gasteiger partial charge in [0.25, 0.3) is 0 Å². The molecule has 2 aliphatic rings. The van der Waals surface area contributed by atoms with Crippen LogP contribution in [0.25, 0.3) is 61.4 Å². The molecule has 0 amide bonds. The largest absolute Gasteiger partial charge is 0.313 e. The first kappa shape index (κ1) is 45.4. The molecular weight excluding hydrogens is 881 g/mol. The van der Waals surface area contributed by atoms with Crippen molar-refractivity contribution in [2.75, 3.05) is 9.80 Å². The minimum atomic E-state index is 0.0817. The molecule has 2 nitrogen and oxygen atoms in total. The molecule has 2 unspecified atom stereocenters. The summed E-state index contributed by atoms with van der Waals surface area (Å²) in [5, 5.41) is 2.45. The van der Waals surface area contributed by atoms with Gasteiger partial charge < -0.3 is 9.80 Å². The molecule has 0 aromatic heterocycles. The van der Waals surface area contributed by atoms with Gasteiger partial charge in [0.05, 0.1) is 5.69 Å². The van der Waals surface area contributed by atoms with Crippen molar-refractivity contribution >= 4 is 45.3 Å². The predicted molar refractivity (Wildman–Crippen MR) is 311 cm³/mol. The van der Waals surface area contributed by atoms with Gasteiger partial charge >= 0.3 is 0 Å². The van der Waals surface area contributed by atoms with Gasteiger partial charge in [0.1, 0.15) is 0 Å². The zero-order valence-electron chi connectivity index (χ0n) is 42.2. The molecule has 0 fully saturated rings. The van der Waals surface area contributed by atoms with Crippen molar-refractivity contribution in [3.05, 3.63) is 287 Å². The van der Waals surface area contributed by atoms with E-state index in [1.54, 1.807) is 0 Å². The van der Waals surface area contributed by atoms with Crippen LogP contribution in [0.15, 0.2) is 254 Å². The van der Waals surface area contributed by atoms with Crippen molar-refractivity contribution in [1.82, 2.24) is 0 Å². The van der Waals surface area contributed by atoms with Gasteiger partial charge in [0.2, 0.25) is 0 Å². The Bertz CT molecular complexity index is 3750. The molecule has 0 spiro atoms. The second-order valence-corrected chi connectivity index (χ2v) is 20.1. The molecular formula is C71H58N2. The third-order valence-electron chi connectivity index (χ3n) is 15.1. The van der Waals surface area contributed by atoms with Crippen LogP contribution in [-0.4, -0.2) is 0 Å². The Morgan fingerprint density at radius 3 is 1.23 bits per heavy atom. The fraction of sp³-hybridized carbons (Fsp3) is 0.0986. The zero-order valence-corrected chi connectivity index (χ0v) is 42.2. The highest BCUT2D eigenvalue weighted by molar-refractivity contribution is 6.05. The first-order valence-electron chi connectivity index (χ1n) is 25.6. The molecule has 0 N–H and O–H groups in total. The standard InChI is InChI=1S/C71H58N2/c1-47-21-40-68(50(4)42-47)72(60-35-31-58(32-36-60)56-27-23-54(24-28-56)52-14-8-6-9-15-52)70-46-67-65-44-49(3)20-39-64(65)71(45-66(67)62-18-12-13-19-63(62)70)73(69-41-22-48(2)43-51(69)5)61-37-33-59(34-38-61)57-29-25-55(26-30-57)53-16-10-7-11-17-53/h6-46,64-65H,1-5H3. The summed E-state index contributed by atoms with van der Waals surface area (Å²) in [7, 11) is 0. The number of fused-ring (bicyclic) bond motifs is 5. The van der Waals surface area contributed by atoms with Gasteiger partial charge in [-0.05, 0) is 155 Å². The van der Waals surface area contributed by atoms with Crippen LogP contribution < -0.4 is 9.80 Å². The van der Waals surface area contributed by atoms with Crippen LogP contribution in [0, 0.1) is 33.6 Å². The van der Waals surface area contributed by atoms with Crippen molar-refractivity contribution in [3.8, 4) is 44.5 Å². The lowest BCUT2D eigenvalue weighted by molar-refractivity contribution is 0.639. The molecule has 10 aromatic rings. The molecule has 0 heterocycles. The minimum absolute atomic E-state index is 0.0817. The lowest BCUT2D eigenvalue weighted by Crippen LogP contribution is -2.30. The second kappa shape index (κ2) is 19.1. The fourth-order valence-electron chi connectivity index (χ4n) is 11.4. The summed E-state index contributed by atoms with van der Waals surface area (Å²) in [4.78, 5) is 5.04. The van der Waals surface area contributed by atoms with Crippen LogP contribution in [0.2, 0.25) is 0 Å². The Balaban J connectivity index is 0.991. The first-order valence-corrected chi connectivity index (χ1v) is 25.6. The third kappa shape index (κ3) is 8.70. The van der Waals surface area contributed by atoms with E-state index >= 15 is 0 Å². The van der Waals surface area contributed by atoms with Crippen molar-refractivity contribution in [1.29, 1.82) is 0 Å². The molecule has 12 rings (SSSR count). The lowest BCUT2D eigenvalue weighted by Gasteiger charge is -2.41. The fourth-order valence-corrected chi connectivity index (χ4v) is 11.4. The first-order chi connectivity index (χ1) is 35.7. The highest BCUT2D eigenvalue weighted by Crippen LogP contribution is 2.52. The number of allylic oxidation sites excluding steroid dienone is 4. The Morgan fingerprint density at radius 1 is 0.342 bits per heavy atom. The summed E-state index contributed by atoms with van der Waals surface area (Å²) in [5.41, 5.74) is 25.6. The van der Waals surface area contributed by atoms with E-state index in [-0.39, 0.29) is 11.8 Å². The number of benzene rings is 10. The molecule has 10 aromatic carbocycles. The van der Waals surface area contributed by atoms with Crippen molar-refractivity contribution < 1.29 is 0 Å². The summed E-state index contributed by atoms with van der Waals surface area (Å²) < 4.78 is 0. The normalized spacial score (nSPS) is 14.8. The summed E-state index contributed by atoms with van der Waals surface area (Å²) in [5.74, 6) is 0.180. The zero-order chi connectivity index (χ0) is 49.6. The maximum atomic E-state index is 2.54. The number of nitrogens with zero attached hydrogens (tertiary/aromatic N) is 2. The highest BCUT2D eigenvalue weighted by atomic mass is 15.2. The Morgan fingerprint density at radius 2 is 0.753 bits per heavy atom. The number of anilines is 5. The van der Waals surface area contributed by atoms with E-state index in [1.807, 2.05) is 0 Å². The predicted octanol–water partition coefficient (Wildman–Crippen LogP) is 19.6. The molecule has 2 atom stereocenters. The van der Waals surface area contributed by atoms with Crippen LogP contribution in [0.3, 0.4) is 0 Å². The average Bonchev–Trinajstić information content (AvgIpc) is 3.43. The summed E-state index contributed by atoms with van der Waals surface area (Å²) >= 11 is 0.